The van der Waals surface area contributed by atoms with Crippen molar-refractivity contribution >= 4 is 0 Å². The molecule has 0 saturated carbocycles. The number of unbranched alkanes of at least 4 members (excludes halogenated alkanes) is 13. The molecule has 186 valence electrons. The maximum absolute atomic E-state index is 2.37. The van der Waals surface area contributed by atoms with Gasteiger partial charge in [0.25, 0.3) is 0 Å². The van der Waals surface area contributed by atoms with E-state index in [1.807, 2.05) is 30.3 Å². The van der Waals surface area contributed by atoms with E-state index in [0.29, 0.717) is 0 Å². The van der Waals surface area contributed by atoms with Crippen LogP contribution in [0.5, 0.6) is 0 Å². The third-order valence-corrected chi connectivity index (χ3v) is 6.01. The van der Waals surface area contributed by atoms with Crippen LogP contribution in [0.25, 0.3) is 0 Å². The third-order valence-electron chi connectivity index (χ3n) is 6.01. The van der Waals surface area contributed by atoms with Gasteiger partial charge in [-0.25, -0.2) is 24.3 Å². The first-order valence-electron chi connectivity index (χ1n) is 12.8. The van der Waals surface area contributed by atoms with Gasteiger partial charge in [0.2, 0.25) is 0 Å². The van der Waals surface area contributed by atoms with Gasteiger partial charge in [-0.15, -0.1) is 5.56 Å². The summed E-state index contributed by atoms with van der Waals surface area (Å²) in [5.41, 5.74) is 1.48. The van der Waals surface area contributed by atoms with Gasteiger partial charge >= 0.3 is 17.1 Å². The average Bonchev–Trinajstić information content (AvgIpc) is 3.45. The Morgan fingerprint density at radius 3 is 1.50 bits per heavy atom. The summed E-state index contributed by atoms with van der Waals surface area (Å²) in [7, 11) is 4.74. The van der Waals surface area contributed by atoms with Gasteiger partial charge in [-0.2, -0.15) is 30.3 Å². The van der Waals surface area contributed by atoms with Crippen molar-refractivity contribution in [2.45, 2.75) is 103 Å². The zero-order chi connectivity index (χ0) is 21.8. The summed E-state index contributed by atoms with van der Waals surface area (Å²) in [5.74, 6) is 0. The van der Waals surface area contributed by atoms with E-state index in [1.165, 1.54) is 109 Å². The van der Waals surface area contributed by atoms with Gasteiger partial charge in [-0.05, 0) is 12.8 Å². The van der Waals surface area contributed by atoms with Gasteiger partial charge in [0.15, 0.2) is 0 Å². The first-order valence-corrected chi connectivity index (χ1v) is 12.8. The summed E-state index contributed by atoms with van der Waals surface area (Å²) in [5, 5.41) is 0. The molecule has 1 nitrogen and oxygen atoms in total. The molecule has 2 rings (SSSR count). The van der Waals surface area contributed by atoms with E-state index in [4.69, 9.17) is 0 Å². The van der Waals surface area contributed by atoms with E-state index in [2.05, 4.69) is 45.3 Å². The second-order valence-electron chi connectivity index (χ2n) is 9.67. The minimum Gasteiger partial charge on any atom is -1.00 e. The van der Waals surface area contributed by atoms with Crippen LogP contribution < -0.4 is 17.0 Å². The molecule has 0 aliphatic carbocycles. The number of rotatable bonds is 17. The Labute approximate surface area is 221 Å². The fraction of sp³-hybridized carbons (Fsp3) is 0.655. The van der Waals surface area contributed by atoms with Crippen LogP contribution in [-0.2, 0) is 23.6 Å². The standard InChI is InChI=1S/C24H45N.C5H5.BrH.Fe/c1-4-5-6-7-8-9-10-11-12-13-14-15-16-19-22-25(2,3)23-24-20-17-18-21-24;1-2-4-5-3-1;;/h17-18,20-21H,4-16,19,22-23H2,1-3H3;1-5H;1H;/q;-1;;+2/p-1. The van der Waals surface area contributed by atoms with Gasteiger partial charge in [0, 0.05) is 0 Å². The molecule has 0 bridgehead atoms. The number of halogens is 1. The molecule has 3 heteroatoms. The second-order valence-corrected chi connectivity index (χ2v) is 9.67. The van der Waals surface area contributed by atoms with Gasteiger partial charge in [-0.1, -0.05) is 84.0 Å². The normalized spacial score (nSPS) is 10.6. The molecule has 0 spiro atoms. The van der Waals surface area contributed by atoms with Gasteiger partial charge in [0.1, 0.15) is 0 Å². The molecule has 0 atom stereocenters. The summed E-state index contributed by atoms with van der Waals surface area (Å²) >= 11 is 0. The van der Waals surface area contributed by atoms with Gasteiger partial charge in [-0.3, -0.25) is 0 Å². The van der Waals surface area contributed by atoms with E-state index in [0.717, 1.165) is 4.48 Å². The van der Waals surface area contributed by atoms with Crippen molar-refractivity contribution in [2.75, 3.05) is 20.6 Å². The molecular formula is C29H50BrFeN. The van der Waals surface area contributed by atoms with Crippen LogP contribution >= 0.6 is 0 Å². The Hall–Kier alpha value is -0.341. The zero-order valence-electron chi connectivity index (χ0n) is 21.2. The predicted molar refractivity (Wildman–Crippen MR) is 135 cm³/mol. The zero-order valence-corrected chi connectivity index (χ0v) is 23.9. The van der Waals surface area contributed by atoms with Crippen LogP contribution in [0.2, 0.25) is 0 Å². The van der Waals surface area contributed by atoms with Crippen molar-refractivity contribution in [2.24, 2.45) is 0 Å². The van der Waals surface area contributed by atoms with Crippen molar-refractivity contribution in [3.05, 3.63) is 60.2 Å². The topological polar surface area (TPSA) is 0 Å². The van der Waals surface area contributed by atoms with E-state index in [9.17, 15) is 0 Å². The van der Waals surface area contributed by atoms with Crippen molar-refractivity contribution in [1.29, 1.82) is 0 Å². The quantitative estimate of drug-likeness (QED) is 0.100. The summed E-state index contributed by atoms with van der Waals surface area (Å²) in [6.45, 7) is 4.78. The van der Waals surface area contributed by atoms with E-state index in [1.54, 1.807) is 0 Å². The summed E-state index contributed by atoms with van der Waals surface area (Å²) < 4.78 is 1.13. The molecule has 0 aromatic heterocycles. The fourth-order valence-electron chi connectivity index (χ4n) is 4.15. The second kappa shape index (κ2) is 23.8. The number of nitrogens with zero attached hydrogens (tertiary/aromatic N) is 1. The summed E-state index contributed by atoms with van der Waals surface area (Å²) in [6, 6.07) is 18.8. The number of hydrogen-bond acceptors (Lipinski definition) is 0. The molecule has 0 fully saturated rings. The van der Waals surface area contributed by atoms with E-state index in [-0.39, 0.29) is 34.1 Å². The monoisotopic (exact) mass is 547 g/mol. The van der Waals surface area contributed by atoms with Crippen LogP contribution in [0.15, 0.2) is 54.6 Å². The molecule has 0 aliphatic rings. The Morgan fingerprint density at radius 1 is 0.656 bits per heavy atom. The minimum atomic E-state index is 0. The summed E-state index contributed by atoms with van der Waals surface area (Å²) in [6.07, 6.45) is 20.2. The molecule has 2 aromatic carbocycles. The molecule has 32 heavy (non-hydrogen) atoms. The molecule has 0 heterocycles. The number of quaternary nitrogens is 1. The Morgan fingerprint density at radius 2 is 1.12 bits per heavy atom. The van der Waals surface area contributed by atoms with Crippen LogP contribution in [0.4, 0.5) is 0 Å². The van der Waals surface area contributed by atoms with Crippen molar-refractivity contribution in [3.8, 4) is 0 Å². The molecule has 2 aromatic rings. The first-order chi connectivity index (χ1) is 14.6. The average molecular weight is 548 g/mol. The number of hydrogen-bond donors (Lipinski definition) is 0. The molecule has 0 radical (unpaired) electrons. The van der Waals surface area contributed by atoms with Crippen LogP contribution in [0.1, 0.15) is 102 Å². The Kier molecular flexibility index (Phi) is 25.2. The van der Waals surface area contributed by atoms with Crippen LogP contribution in [0, 0.1) is 0 Å². The van der Waals surface area contributed by atoms with Crippen molar-refractivity contribution in [1.82, 2.24) is 0 Å². The Balaban J connectivity index is 0. The summed E-state index contributed by atoms with van der Waals surface area (Å²) in [4.78, 5) is 0. The van der Waals surface area contributed by atoms with Crippen LogP contribution in [0.3, 0.4) is 0 Å². The predicted octanol–water partition coefficient (Wildman–Crippen LogP) is 5.87. The first kappa shape index (κ1) is 33.8. The molecular weight excluding hydrogens is 498 g/mol. The maximum Gasteiger partial charge on any atom is 2.00 e. The molecule has 0 amide bonds. The molecule has 0 unspecified atom stereocenters. The maximum atomic E-state index is 2.37. The smallest absolute Gasteiger partial charge is 1.00 e. The molecule has 0 N–H and O–H groups in total. The minimum absolute atomic E-state index is 0. The third kappa shape index (κ3) is 21.5. The van der Waals surface area contributed by atoms with Gasteiger partial charge in [0.05, 0.1) is 27.2 Å². The van der Waals surface area contributed by atoms with E-state index < -0.39 is 0 Å². The van der Waals surface area contributed by atoms with Gasteiger partial charge < -0.3 is 21.5 Å². The largest absolute Gasteiger partial charge is 2.00 e. The Bertz CT molecular complexity index is 531. The SMILES string of the molecule is CCCCCCCCCCCCCCCC[N+](C)(C)Cc1ccc[cH-]1.[Br-].[Fe+2].c1cc[cH-]c1. The molecule has 0 saturated heterocycles. The van der Waals surface area contributed by atoms with Crippen LogP contribution in [-0.4, -0.2) is 25.1 Å². The molecule has 0 aliphatic heterocycles. The van der Waals surface area contributed by atoms with Crippen molar-refractivity contribution < 1.29 is 38.5 Å². The van der Waals surface area contributed by atoms with Crippen molar-refractivity contribution in [3.63, 3.8) is 0 Å². The fourth-order valence-corrected chi connectivity index (χ4v) is 4.15. The van der Waals surface area contributed by atoms with E-state index >= 15 is 0 Å².